The second kappa shape index (κ2) is 50.1. The van der Waals surface area contributed by atoms with Crippen molar-refractivity contribution < 1.29 is 206 Å². The van der Waals surface area contributed by atoms with Crippen molar-refractivity contribution in [3.05, 3.63) is 135 Å². The normalized spacial score (nSPS) is 34.5. The van der Waals surface area contributed by atoms with E-state index in [0.29, 0.717) is 60.0 Å². The van der Waals surface area contributed by atoms with Gasteiger partial charge in [0.25, 0.3) is 0 Å². The highest BCUT2D eigenvalue weighted by Gasteiger charge is 2.73. The van der Waals surface area contributed by atoms with E-state index < -0.39 is 153 Å². The van der Waals surface area contributed by atoms with E-state index in [1.807, 2.05) is 19.9 Å². The van der Waals surface area contributed by atoms with Crippen LogP contribution in [0.15, 0.2) is 135 Å². The van der Waals surface area contributed by atoms with Crippen LogP contribution in [-0.4, -0.2) is 310 Å². The zero-order valence-electron chi connectivity index (χ0n) is 82.2. The van der Waals surface area contributed by atoms with Crippen LogP contribution >= 0.6 is 0 Å². The molecule has 2 aliphatic carbocycles. The fourth-order valence-corrected chi connectivity index (χ4v) is 19.5. The lowest BCUT2D eigenvalue weighted by Crippen LogP contribution is -2.44. The third-order valence-electron chi connectivity index (χ3n) is 26.9. The number of aliphatic hydroxyl groups is 3. The predicted molar refractivity (Wildman–Crippen MR) is 488 cm³/mol. The minimum atomic E-state index is -0.837. The maximum absolute atomic E-state index is 11.7. The number of nitrogens with zero attached hydrogens (tertiary/aromatic N) is 2. The summed E-state index contributed by atoms with van der Waals surface area (Å²) in [6.07, 6.45) is 1.12. The molecular formula is C101H122N2O43. The molecule has 20 aliphatic rings. The lowest BCUT2D eigenvalue weighted by Gasteiger charge is -2.26. The van der Waals surface area contributed by atoms with Gasteiger partial charge in [0.15, 0.2) is 55.4 Å². The number of allylic oxidation sites excluding steroid dienone is 2. The summed E-state index contributed by atoms with van der Waals surface area (Å²) in [4.78, 5) is 193. The highest BCUT2D eigenvalue weighted by Crippen LogP contribution is 2.58. The Morgan fingerprint density at radius 2 is 0.918 bits per heavy atom. The van der Waals surface area contributed by atoms with Crippen LogP contribution in [0.25, 0.3) is 0 Å². The lowest BCUT2D eigenvalue weighted by atomic mass is 9.76. The van der Waals surface area contributed by atoms with Crippen LogP contribution in [0.4, 0.5) is 0 Å². The van der Waals surface area contributed by atoms with Crippen molar-refractivity contribution in [3.63, 3.8) is 0 Å². The smallest absolute Gasteiger partial charge is 0.347 e. The summed E-state index contributed by atoms with van der Waals surface area (Å²) in [6.45, 7) is 52.3. The second-order valence-electron chi connectivity index (χ2n) is 37.8. The topological polar surface area (TPSA) is 611 Å². The van der Waals surface area contributed by atoms with Gasteiger partial charge in [-0.3, -0.25) is 33.6 Å². The number of rotatable bonds is 26. The largest absolute Gasteiger partial charge is 0.502 e. The van der Waals surface area contributed by atoms with Crippen LogP contribution in [-0.2, 0) is 190 Å². The number of cyclic esters (lactones) is 2. The average molecular weight is 2050 g/mol. The molecule has 45 nitrogen and oxygen atoms in total. The van der Waals surface area contributed by atoms with Crippen molar-refractivity contribution >= 4 is 101 Å². The molecular weight excluding hydrogens is 1930 g/mol. The van der Waals surface area contributed by atoms with E-state index in [9.17, 15) is 81.5 Å². The van der Waals surface area contributed by atoms with Gasteiger partial charge in [0.1, 0.15) is 80.4 Å². The molecule has 0 aromatic heterocycles. The second-order valence-corrected chi connectivity index (χ2v) is 37.8. The van der Waals surface area contributed by atoms with Crippen molar-refractivity contribution in [3.8, 4) is 12.1 Å². The van der Waals surface area contributed by atoms with Crippen LogP contribution in [0.5, 0.6) is 0 Å². The number of nitriles is 2. The Balaban J connectivity index is 0.000000168. The number of ether oxygens (including phenoxy) is 23. The summed E-state index contributed by atoms with van der Waals surface area (Å²) in [5, 5.41) is 41.2. The summed E-state index contributed by atoms with van der Waals surface area (Å²) in [6, 6.07) is 3.53. The molecule has 18 aliphatic heterocycles. The van der Waals surface area contributed by atoms with Gasteiger partial charge in [-0.2, -0.15) is 10.5 Å². The number of carbonyl (C=O) groups excluding carboxylic acids is 17. The van der Waals surface area contributed by atoms with Crippen molar-refractivity contribution in [1.29, 1.82) is 10.5 Å². The summed E-state index contributed by atoms with van der Waals surface area (Å²) >= 11 is 0. The number of aliphatic hydroxyl groups excluding tert-OH is 3. The molecule has 0 aromatic rings. The molecule has 0 aromatic carbocycles. The van der Waals surface area contributed by atoms with Crippen LogP contribution in [0.2, 0.25) is 0 Å². The first-order valence-electron chi connectivity index (χ1n) is 47.1. The molecule has 3 N–H and O–H groups in total. The van der Waals surface area contributed by atoms with Gasteiger partial charge < -0.3 is 124 Å². The molecule has 33 unspecified atom stereocenters. The average Bonchev–Trinajstić information content (AvgIpc) is 1.55. The fourth-order valence-electron chi connectivity index (χ4n) is 19.5. The van der Waals surface area contributed by atoms with E-state index in [1.54, 1.807) is 40.7 Å². The number of esters is 17. The zero-order valence-corrected chi connectivity index (χ0v) is 82.2. The molecule has 146 heavy (non-hydrogen) atoms. The van der Waals surface area contributed by atoms with Crippen molar-refractivity contribution in [2.45, 2.75) is 267 Å². The summed E-state index contributed by atoms with van der Waals surface area (Å²) < 4.78 is 119. The Labute approximate surface area is 839 Å². The molecule has 2 saturated carbocycles. The van der Waals surface area contributed by atoms with E-state index in [-0.39, 0.29) is 223 Å². The van der Waals surface area contributed by atoms with E-state index in [4.69, 9.17) is 125 Å². The summed E-state index contributed by atoms with van der Waals surface area (Å²) in [5.41, 5.74) is 1.52. The van der Waals surface area contributed by atoms with Crippen LogP contribution in [0.1, 0.15) is 127 Å². The van der Waals surface area contributed by atoms with Crippen molar-refractivity contribution in [2.75, 3.05) is 52.9 Å². The number of hydrogen-bond acceptors (Lipinski definition) is 45. The van der Waals surface area contributed by atoms with Gasteiger partial charge >= 0.3 is 101 Å². The Hall–Kier alpha value is -13.4. The van der Waals surface area contributed by atoms with Crippen LogP contribution in [0.3, 0.4) is 0 Å². The van der Waals surface area contributed by atoms with Crippen molar-refractivity contribution in [2.24, 2.45) is 58.7 Å². The molecule has 20 fully saturated rings. The minimum Gasteiger partial charge on any atom is -0.502 e. The first-order valence-corrected chi connectivity index (χ1v) is 47.1. The lowest BCUT2D eigenvalue weighted by molar-refractivity contribution is -0.167. The molecule has 20 rings (SSSR count). The van der Waals surface area contributed by atoms with E-state index in [1.165, 1.54) is 25.7 Å². The van der Waals surface area contributed by atoms with Gasteiger partial charge in [-0.25, -0.2) is 47.9 Å². The first-order chi connectivity index (χ1) is 69.0. The maximum atomic E-state index is 11.7. The Morgan fingerprint density at radius 1 is 0.466 bits per heavy atom. The highest BCUT2D eigenvalue weighted by molar-refractivity contribution is 5.93. The Kier molecular flexibility index (Phi) is 39.3. The monoisotopic (exact) mass is 2050 g/mol. The molecule has 45 heteroatoms. The molecule has 18 saturated heterocycles. The summed E-state index contributed by atoms with van der Waals surface area (Å²) in [5.74, 6) is -7.65. The van der Waals surface area contributed by atoms with Gasteiger partial charge in [0, 0.05) is 63.7 Å². The molecule has 0 amide bonds. The highest BCUT2D eigenvalue weighted by atomic mass is 16.7. The standard InChI is InChI=1S/C13H14O7.4C12H14O5.C11H12O5.2C8H10O5.C6H12O.C4H5N.C3H3N/c1-5(2)12(15)17-4-8(14)19-10-7-3-6-9(18-7)11(10)20-13(6)16;1-5(4-13)11(14)16-9-6-2-7-8(3-6)12(15)17-10(7)9;1-5(2)10(13)16-7-6-4-12(3)9(15-6)8(7)17-11(12)14;1-5(2)11(13)15-4-7-8-3-6-9(16-8)10(7)17-12(6)14;1-4(2)11(13)16-9-7-5(3)6-8(15-7)10(9)17-12(6)14;1-4(2)10(12)15-8-6-3-5-7(14-6)9(8)16-11(5)13;1-5(3-9)8(11)13-6-2-7(10)12-4-6;1-5(4-9)7(10)13-6-2-3-12-8(6)11;1-3-5-6-7-4-2;1-4(2)3-5;1-2-3-4/h6-7,9-11H,1,3-4H2,2H3;6-10,13H,1-4H2;6-9H,1,4H2,2-3H3;6-10H,1,3-4H2,2H3;5-10H,1H2,2-3H3;5-9H,1,3H2,2H3;2*6,9H,1-4H2;4H,2-3,5-6H2,1H3;1H2,2H3;2H,1H2. The molecule has 18 heterocycles. The Morgan fingerprint density at radius 3 is 1.40 bits per heavy atom. The summed E-state index contributed by atoms with van der Waals surface area (Å²) in [7, 11) is 0. The number of hydrogen-bond donors (Lipinski definition) is 3. The third kappa shape index (κ3) is 26.2. The number of fused-ring (bicyclic) bond motifs is 6. The third-order valence-corrected chi connectivity index (χ3v) is 26.9. The number of carbonyl (C=O) groups is 17. The molecule has 794 valence electrons. The molecule has 0 radical (unpaired) electrons. The molecule has 0 spiro atoms. The van der Waals surface area contributed by atoms with Gasteiger partial charge in [-0.15, -0.1) is 0 Å². The number of unbranched alkanes of at least 4 members (excludes halogenated alkanes) is 1. The fraction of sp³-hybridized carbons (Fsp3) is 0.594. The first kappa shape index (κ1) is 115. The van der Waals surface area contributed by atoms with E-state index in [0.717, 1.165) is 25.9 Å². The minimum absolute atomic E-state index is 0.0145. The predicted octanol–water partition coefficient (Wildman–Crippen LogP) is 3.91. The van der Waals surface area contributed by atoms with Gasteiger partial charge in [-0.1, -0.05) is 92.6 Å². The van der Waals surface area contributed by atoms with Crippen LogP contribution in [0, 0.1) is 81.3 Å². The van der Waals surface area contributed by atoms with E-state index >= 15 is 0 Å². The molecule has 12 bridgehead atoms. The SMILES string of the molecule is C=C(C)C#N.C=C(C)C(=O)OC1C2CC3(C)C(=O)OC1C3O2.C=C(C)C(=O)OC1C2CC3C(=O)OC1C3O2.C=C(C)C(=O)OC1C2OC3C1OC(=O)C3C2C.C=C(C)C(=O)OCC(=O)OC1C2CC3C(=O)OC1C3O2.C=C(C)C(=O)OCC1C2CC3C(=O)OC1C3O2.C=C(CO)C(=O)OC1C2CC3C(=O)OC1C3C2.C=C(CO)C(=O)OC1CCOC1=O.C=C(CO)C(=O)OC1COC(=O)C1.C=CC#N.C=COCCCC. The van der Waals surface area contributed by atoms with Crippen molar-refractivity contribution in [1.82, 2.24) is 0 Å². The van der Waals surface area contributed by atoms with Gasteiger partial charge in [0.05, 0.1) is 134 Å². The maximum Gasteiger partial charge on any atom is 0.347 e. The van der Waals surface area contributed by atoms with Gasteiger partial charge in [0.2, 0.25) is 6.10 Å². The van der Waals surface area contributed by atoms with Gasteiger partial charge in [-0.05, 0) is 93.4 Å². The Bertz CT molecular complexity index is 5280. The van der Waals surface area contributed by atoms with Crippen LogP contribution < -0.4 is 0 Å². The zero-order chi connectivity index (χ0) is 108. The molecule has 33 atom stereocenters. The van der Waals surface area contributed by atoms with E-state index in [2.05, 4.69) is 88.8 Å². The quantitative estimate of drug-likeness (QED) is 0.0276.